The van der Waals surface area contributed by atoms with Gasteiger partial charge in [-0.3, -0.25) is 9.10 Å². The van der Waals surface area contributed by atoms with E-state index in [1.54, 1.807) is 24.3 Å². The minimum Gasteiger partial charge on any atom is -0.495 e. The zero-order valence-electron chi connectivity index (χ0n) is 17.9. The van der Waals surface area contributed by atoms with Crippen LogP contribution >= 0.6 is 0 Å². The van der Waals surface area contributed by atoms with Crippen molar-refractivity contribution in [1.29, 1.82) is 0 Å². The van der Waals surface area contributed by atoms with Crippen LogP contribution in [-0.4, -0.2) is 60.5 Å². The predicted octanol–water partition coefficient (Wildman–Crippen LogP) is 2.72. The van der Waals surface area contributed by atoms with Crippen molar-refractivity contribution in [3.05, 3.63) is 48.5 Å². The van der Waals surface area contributed by atoms with E-state index in [1.165, 1.54) is 11.4 Å². The van der Waals surface area contributed by atoms with Crippen LogP contribution in [0.5, 0.6) is 5.75 Å². The summed E-state index contributed by atoms with van der Waals surface area (Å²) in [5.74, 6) is 0.310. The van der Waals surface area contributed by atoms with Crippen molar-refractivity contribution >= 4 is 33.0 Å². The summed E-state index contributed by atoms with van der Waals surface area (Å²) in [6, 6.07) is 14.6. The van der Waals surface area contributed by atoms with Crippen LogP contribution in [0, 0.1) is 0 Å². The van der Waals surface area contributed by atoms with E-state index in [9.17, 15) is 13.2 Å². The number of hydrogen-bond donors (Lipinski definition) is 1. The van der Waals surface area contributed by atoms with Crippen LogP contribution in [0.3, 0.4) is 0 Å². The van der Waals surface area contributed by atoms with Crippen molar-refractivity contribution in [3.8, 4) is 5.75 Å². The smallest absolute Gasteiger partial charge is 0.232 e. The summed E-state index contributed by atoms with van der Waals surface area (Å²) in [6.07, 6.45) is 1.73. The molecule has 1 heterocycles. The molecule has 1 amide bonds. The van der Waals surface area contributed by atoms with E-state index in [-0.39, 0.29) is 18.9 Å². The Hall–Kier alpha value is -2.78. The fourth-order valence-corrected chi connectivity index (χ4v) is 4.45. The van der Waals surface area contributed by atoms with Gasteiger partial charge in [-0.15, -0.1) is 0 Å². The zero-order chi connectivity index (χ0) is 22.3. The maximum absolute atomic E-state index is 12.4. The van der Waals surface area contributed by atoms with E-state index in [1.807, 2.05) is 24.3 Å². The number of methoxy groups -OCH3 is 1. The molecule has 0 radical (unpaired) electrons. The molecule has 1 saturated heterocycles. The van der Waals surface area contributed by atoms with Gasteiger partial charge < -0.3 is 19.7 Å². The lowest BCUT2D eigenvalue weighted by molar-refractivity contribution is -0.116. The number of morpholine rings is 1. The molecule has 8 nitrogen and oxygen atoms in total. The summed E-state index contributed by atoms with van der Waals surface area (Å²) in [6.45, 7) is 3.34. The van der Waals surface area contributed by atoms with E-state index in [0.29, 0.717) is 23.5 Å². The number of rotatable bonds is 9. The van der Waals surface area contributed by atoms with Crippen molar-refractivity contribution < 1.29 is 22.7 Å². The lowest BCUT2D eigenvalue weighted by Crippen LogP contribution is -2.36. The van der Waals surface area contributed by atoms with Gasteiger partial charge in [0.25, 0.3) is 0 Å². The molecule has 0 spiro atoms. The Labute approximate surface area is 183 Å². The van der Waals surface area contributed by atoms with E-state index in [0.717, 1.165) is 38.2 Å². The second kappa shape index (κ2) is 10.5. The number of carbonyl (C=O) groups is 1. The first-order valence-corrected chi connectivity index (χ1v) is 12.1. The van der Waals surface area contributed by atoms with Gasteiger partial charge in [-0.25, -0.2) is 8.42 Å². The molecular weight excluding hydrogens is 418 g/mol. The normalized spacial score (nSPS) is 14.2. The van der Waals surface area contributed by atoms with Gasteiger partial charge in [-0.1, -0.05) is 12.1 Å². The fraction of sp³-hybridized carbons (Fsp3) is 0.409. The van der Waals surface area contributed by atoms with Crippen LogP contribution in [0.15, 0.2) is 48.5 Å². The average molecular weight is 448 g/mol. The van der Waals surface area contributed by atoms with Gasteiger partial charge in [0, 0.05) is 37.4 Å². The molecule has 9 heteroatoms. The number of nitrogens with zero attached hydrogens (tertiary/aromatic N) is 2. The third kappa shape index (κ3) is 6.35. The zero-order valence-corrected chi connectivity index (χ0v) is 18.7. The summed E-state index contributed by atoms with van der Waals surface area (Å²) in [5.41, 5.74) is 2.28. The number of para-hydroxylation sites is 2. The Kier molecular flexibility index (Phi) is 7.75. The molecule has 1 fully saturated rings. The molecule has 0 bridgehead atoms. The number of ether oxygens (including phenoxy) is 2. The molecule has 0 aromatic heterocycles. The Bertz CT molecular complexity index is 973. The summed E-state index contributed by atoms with van der Waals surface area (Å²) in [5, 5.41) is 2.87. The van der Waals surface area contributed by atoms with Crippen molar-refractivity contribution in [2.45, 2.75) is 12.8 Å². The maximum atomic E-state index is 12.4. The number of anilines is 3. The quantitative estimate of drug-likeness (QED) is 0.636. The van der Waals surface area contributed by atoms with Gasteiger partial charge in [-0.05, 0) is 42.8 Å². The van der Waals surface area contributed by atoms with Crippen LogP contribution in [-0.2, 0) is 19.6 Å². The van der Waals surface area contributed by atoms with Crippen molar-refractivity contribution in [2.24, 2.45) is 0 Å². The highest BCUT2D eigenvalue weighted by Crippen LogP contribution is 2.29. The standard InChI is InChI=1S/C22H29N3O5S/c1-29-21-7-4-3-6-20(21)25(31(2,27)28)13-5-8-22(26)23-18-9-11-19(12-10-18)24-14-16-30-17-15-24/h3-4,6-7,9-12H,5,8,13-17H2,1-2H3,(H,23,26). The molecule has 0 atom stereocenters. The van der Waals surface area contributed by atoms with Crippen molar-refractivity contribution in [1.82, 2.24) is 0 Å². The summed E-state index contributed by atoms with van der Waals surface area (Å²) in [4.78, 5) is 14.6. The highest BCUT2D eigenvalue weighted by molar-refractivity contribution is 7.92. The first kappa shape index (κ1) is 22.9. The van der Waals surface area contributed by atoms with Crippen molar-refractivity contribution in [2.75, 3.05) is 60.7 Å². The third-order valence-electron chi connectivity index (χ3n) is 5.05. The topological polar surface area (TPSA) is 88.2 Å². The second-order valence-corrected chi connectivity index (χ2v) is 9.21. The average Bonchev–Trinajstić information content (AvgIpc) is 2.77. The lowest BCUT2D eigenvalue weighted by atomic mass is 10.2. The minimum atomic E-state index is -3.51. The number of hydrogen-bond acceptors (Lipinski definition) is 6. The largest absolute Gasteiger partial charge is 0.495 e. The number of amides is 1. The van der Waals surface area contributed by atoms with Crippen LogP contribution in [0.4, 0.5) is 17.1 Å². The summed E-state index contributed by atoms with van der Waals surface area (Å²) in [7, 11) is -2.02. The third-order valence-corrected chi connectivity index (χ3v) is 6.23. The molecule has 0 saturated carbocycles. The van der Waals surface area contributed by atoms with Gasteiger partial charge >= 0.3 is 0 Å². The molecule has 1 N–H and O–H groups in total. The Morgan fingerprint density at radius 3 is 2.45 bits per heavy atom. The van der Waals surface area contributed by atoms with Gasteiger partial charge in [0.2, 0.25) is 15.9 Å². The Morgan fingerprint density at radius 2 is 1.81 bits per heavy atom. The van der Waals surface area contributed by atoms with Gasteiger partial charge in [0.15, 0.2) is 0 Å². The van der Waals surface area contributed by atoms with Gasteiger partial charge in [-0.2, -0.15) is 0 Å². The molecule has 0 aliphatic carbocycles. The summed E-state index contributed by atoms with van der Waals surface area (Å²) >= 11 is 0. The number of benzene rings is 2. The van der Waals surface area contributed by atoms with Crippen LogP contribution < -0.4 is 19.3 Å². The molecule has 0 unspecified atom stereocenters. The van der Waals surface area contributed by atoms with Crippen LogP contribution in [0.1, 0.15) is 12.8 Å². The van der Waals surface area contributed by atoms with E-state index < -0.39 is 10.0 Å². The van der Waals surface area contributed by atoms with Crippen LogP contribution in [0.2, 0.25) is 0 Å². The monoisotopic (exact) mass is 447 g/mol. The molecule has 3 rings (SSSR count). The number of nitrogens with one attached hydrogen (secondary N) is 1. The number of carbonyl (C=O) groups excluding carboxylic acids is 1. The SMILES string of the molecule is COc1ccccc1N(CCCC(=O)Nc1ccc(N2CCOCC2)cc1)S(C)(=O)=O. The highest BCUT2D eigenvalue weighted by Gasteiger charge is 2.21. The molecular formula is C22H29N3O5S. The first-order valence-electron chi connectivity index (χ1n) is 10.2. The Morgan fingerprint density at radius 1 is 1.13 bits per heavy atom. The second-order valence-electron chi connectivity index (χ2n) is 7.31. The number of sulfonamides is 1. The maximum Gasteiger partial charge on any atom is 0.232 e. The van der Waals surface area contributed by atoms with Crippen LogP contribution in [0.25, 0.3) is 0 Å². The van der Waals surface area contributed by atoms with E-state index in [2.05, 4.69) is 10.2 Å². The molecule has 1 aliphatic heterocycles. The van der Waals surface area contributed by atoms with Gasteiger partial charge in [0.1, 0.15) is 5.75 Å². The summed E-state index contributed by atoms with van der Waals surface area (Å²) < 4.78 is 36.5. The Balaban J connectivity index is 1.54. The minimum absolute atomic E-state index is 0.160. The molecule has 2 aromatic carbocycles. The molecule has 1 aliphatic rings. The molecule has 168 valence electrons. The van der Waals surface area contributed by atoms with Crippen molar-refractivity contribution in [3.63, 3.8) is 0 Å². The van der Waals surface area contributed by atoms with Gasteiger partial charge in [0.05, 0.1) is 32.3 Å². The highest BCUT2D eigenvalue weighted by atomic mass is 32.2. The fourth-order valence-electron chi connectivity index (χ4n) is 3.48. The van der Waals surface area contributed by atoms with E-state index in [4.69, 9.17) is 9.47 Å². The molecule has 31 heavy (non-hydrogen) atoms. The molecule has 2 aromatic rings. The lowest BCUT2D eigenvalue weighted by Gasteiger charge is -2.28. The van der Waals surface area contributed by atoms with E-state index >= 15 is 0 Å². The first-order chi connectivity index (χ1) is 14.9. The predicted molar refractivity (Wildman–Crippen MR) is 123 cm³/mol.